The number of nitrogens with zero attached hydrogens (tertiary/aromatic N) is 1. The maximum Gasteiger partial charge on any atom is 0.491 e. The number of aldehydes is 1. The van der Waals surface area contributed by atoms with Gasteiger partial charge in [0.2, 0.25) is 6.41 Å². The third kappa shape index (κ3) is 3.94. The van der Waals surface area contributed by atoms with Gasteiger partial charge in [-0.25, -0.2) is 4.39 Å². The SMILES string of the molecule is CC(CN(C=O)CC=O)NC(=O)c1cc(F)c2c(c1)B(O)OC2. The van der Waals surface area contributed by atoms with Crippen LogP contribution in [0.15, 0.2) is 12.1 Å². The molecule has 0 aromatic heterocycles. The topological polar surface area (TPSA) is 95.9 Å². The van der Waals surface area contributed by atoms with Gasteiger partial charge in [-0.1, -0.05) is 0 Å². The lowest BCUT2D eigenvalue weighted by molar-refractivity contribution is -0.122. The van der Waals surface area contributed by atoms with Crippen LogP contribution in [-0.4, -0.2) is 54.8 Å². The number of hydrogen-bond donors (Lipinski definition) is 2. The van der Waals surface area contributed by atoms with Crippen LogP contribution in [0.4, 0.5) is 4.39 Å². The molecule has 0 spiro atoms. The zero-order chi connectivity index (χ0) is 17.0. The van der Waals surface area contributed by atoms with Crippen LogP contribution in [0, 0.1) is 5.82 Å². The number of nitrogens with one attached hydrogen (secondary N) is 1. The van der Waals surface area contributed by atoms with Crippen molar-refractivity contribution < 1.29 is 28.5 Å². The van der Waals surface area contributed by atoms with Gasteiger partial charge in [-0.2, -0.15) is 0 Å². The zero-order valence-corrected chi connectivity index (χ0v) is 12.5. The molecule has 0 fully saturated rings. The molecule has 9 heteroatoms. The summed E-state index contributed by atoms with van der Waals surface area (Å²) in [5, 5.41) is 12.2. The summed E-state index contributed by atoms with van der Waals surface area (Å²) >= 11 is 0. The first-order valence-corrected chi connectivity index (χ1v) is 7.02. The van der Waals surface area contributed by atoms with E-state index in [1.165, 1.54) is 11.0 Å². The van der Waals surface area contributed by atoms with E-state index in [9.17, 15) is 23.8 Å². The Balaban J connectivity index is 2.06. The van der Waals surface area contributed by atoms with Crippen molar-refractivity contribution in [3.8, 4) is 0 Å². The fourth-order valence-corrected chi connectivity index (χ4v) is 2.37. The molecule has 0 bridgehead atoms. The second-order valence-corrected chi connectivity index (χ2v) is 5.29. The number of amides is 2. The quantitative estimate of drug-likeness (QED) is 0.487. The highest BCUT2D eigenvalue weighted by atomic mass is 19.1. The van der Waals surface area contributed by atoms with Crippen molar-refractivity contribution in [2.75, 3.05) is 13.1 Å². The van der Waals surface area contributed by atoms with Crippen LogP contribution < -0.4 is 10.8 Å². The molecule has 2 amide bonds. The van der Waals surface area contributed by atoms with E-state index in [1.807, 2.05) is 0 Å². The maximum atomic E-state index is 13.9. The smallest absolute Gasteiger partial charge is 0.423 e. The van der Waals surface area contributed by atoms with Gasteiger partial charge in [-0.05, 0) is 24.5 Å². The van der Waals surface area contributed by atoms with Crippen LogP contribution >= 0.6 is 0 Å². The Morgan fingerprint density at radius 2 is 2.30 bits per heavy atom. The average molecular weight is 322 g/mol. The van der Waals surface area contributed by atoms with Crippen molar-refractivity contribution in [3.63, 3.8) is 0 Å². The summed E-state index contributed by atoms with van der Waals surface area (Å²) in [6.07, 6.45) is 1.10. The molecule has 0 saturated heterocycles. The lowest BCUT2D eigenvalue weighted by atomic mass is 9.78. The molecule has 1 unspecified atom stereocenters. The molecule has 1 aliphatic rings. The largest absolute Gasteiger partial charge is 0.491 e. The fraction of sp³-hybridized carbons (Fsp3) is 0.357. The number of halogens is 1. The second kappa shape index (κ2) is 7.34. The van der Waals surface area contributed by atoms with Crippen molar-refractivity contribution in [1.29, 1.82) is 0 Å². The normalized spacial score (nSPS) is 14.1. The van der Waals surface area contributed by atoms with Crippen molar-refractivity contribution in [1.82, 2.24) is 10.2 Å². The molecule has 1 heterocycles. The number of hydrogen-bond acceptors (Lipinski definition) is 5. The third-order valence-electron chi connectivity index (χ3n) is 3.49. The van der Waals surface area contributed by atoms with E-state index in [-0.39, 0.29) is 36.3 Å². The van der Waals surface area contributed by atoms with Gasteiger partial charge in [0.15, 0.2) is 0 Å². The highest BCUT2D eigenvalue weighted by molar-refractivity contribution is 6.61. The summed E-state index contributed by atoms with van der Waals surface area (Å²) in [6.45, 7) is 1.69. The second-order valence-electron chi connectivity index (χ2n) is 5.29. The van der Waals surface area contributed by atoms with Crippen LogP contribution in [0.5, 0.6) is 0 Å². The summed E-state index contributed by atoms with van der Waals surface area (Å²) in [5.74, 6) is -1.16. The van der Waals surface area contributed by atoms with E-state index < -0.39 is 24.9 Å². The number of rotatable bonds is 7. The summed E-state index contributed by atoms with van der Waals surface area (Å²) in [4.78, 5) is 34.5. The van der Waals surface area contributed by atoms with Gasteiger partial charge in [-0.15, -0.1) is 0 Å². The molecular weight excluding hydrogens is 306 g/mol. The van der Waals surface area contributed by atoms with E-state index in [1.54, 1.807) is 6.92 Å². The molecule has 1 aromatic rings. The van der Waals surface area contributed by atoms with Crippen LogP contribution in [0.25, 0.3) is 0 Å². The Hall–Kier alpha value is -2.26. The molecule has 1 aliphatic heterocycles. The monoisotopic (exact) mass is 322 g/mol. The molecule has 2 rings (SSSR count). The Morgan fingerprint density at radius 3 is 2.96 bits per heavy atom. The minimum absolute atomic E-state index is 0.0410. The lowest BCUT2D eigenvalue weighted by Crippen LogP contribution is -2.42. The third-order valence-corrected chi connectivity index (χ3v) is 3.49. The predicted molar refractivity (Wildman–Crippen MR) is 79.4 cm³/mol. The van der Waals surface area contributed by atoms with Crippen molar-refractivity contribution >= 4 is 31.2 Å². The standard InChI is InChI=1S/C14H16BFN2O5/c1-9(6-18(8-20)2-3-19)17-14(21)10-4-12-11(13(16)5-10)7-23-15(12)22/h3-5,8-9,22H,2,6-7H2,1H3,(H,17,21). The van der Waals surface area contributed by atoms with Gasteiger partial charge >= 0.3 is 7.12 Å². The molecule has 2 N–H and O–H groups in total. The molecule has 1 atom stereocenters. The van der Waals surface area contributed by atoms with Gasteiger partial charge in [0.25, 0.3) is 5.91 Å². The number of carbonyl (C=O) groups excluding carboxylic acids is 3. The Bertz CT molecular complexity index is 627. The average Bonchev–Trinajstić information content (AvgIpc) is 2.88. The Morgan fingerprint density at radius 1 is 1.57 bits per heavy atom. The summed E-state index contributed by atoms with van der Waals surface area (Å²) in [7, 11) is -1.25. The summed E-state index contributed by atoms with van der Waals surface area (Å²) in [6, 6.07) is 2.01. The maximum absolute atomic E-state index is 13.9. The highest BCUT2D eigenvalue weighted by Gasteiger charge is 2.31. The zero-order valence-electron chi connectivity index (χ0n) is 12.5. The lowest BCUT2D eigenvalue weighted by Gasteiger charge is -2.20. The fourth-order valence-electron chi connectivity index (χ4n) is 2.37. The van der Waals surface area contributed by atoms with Crippen LogP contribution in [-0.2, 0) is 20.9 Å². The van der Waals surface area contributed by atoms with Crippen LogP contribution in [0.2, 0.25) is 0 Å². The molecule has 0 aliphatic carbocycles. The molecule has 23 heavy (non-hydrogen) atoms. The summed E-state index contributed by atoms with van der Waals surface area (Å²) < 4.78 is 18.8. The van der Waals surface area contributed by atoms with E-state index in [2.05, 4.69) is 5.32 Å². The molecule has 7 nitrogen and oxygen atoms in total. The first-order chi connectivity index (χ1) is 11.0. The number of benzene rings is 1. The summed E-state index contributed by atoms with van der Waals surface area (Å²) in [5.41, 5.74) is 0.518. The van der Waals surface area contributed by atoms with Crippen molar-refractivity contribution in [2.24, 2.45) is 0 Å². The molecule has 1 aromatic carbocycles. The predicted octanol–water partition coefficient (Wildman–Crippen LogP) is -1.18. The van der Waals surface area contributed by atoms with Gasteiger partial charge in [0.05, 0.1) is 13.2 Å². The first kappa shape index (κ1) is 17.1. The van der Waals surface area contributed by atoms with E-state index >= 15 is 0 Å². The Labute approximate surface area is 132 Å². The van der Waals surface area contributed by atoms with Gasteiger partial charge in [-0.3, -0.25) is 9.59 Å². The number of fused-ring (bicyclic) bond motifs is 1. The van der Waals surface area contributed by atoms with Crippen LogP contribution in [0.3, 0.4) is 0 Å². The molecule has 0 saturated carbocycles. The van der Waals surface area contributed by atoms with E-state index in [0.29, 0.717) is 12.7 Å². The van der Waals surface area contributed by atoms with E-state index in [0.717, 1.165) is 6.07 Å². The van der Waals surface area contributed by atoms with Gasteiger partial charge in [0, 0.05) is 23.7 Å². The minimum atomic E-state index is -1.25. The molecule has 0 radical (unpaired) electrons. The first-order valence-electron chi connectivity index (χ1n) is 7.02. The van der Waals surface area contributed by atoms with Gasteiger partial charge in [0.1, 0.15) is 12.1 Å². The molecular formula is C14H16BFN2O5. The Kier molecular flexibility index (Phi) is 5.46. The molecule has 122 valence electrons. The highest BCUT2D eigenvalue weighted by Crippen LogP contribution is 2.16. The van der Waals surface area contributed by atoms with Crippen molar-refractivity contribution in [2.45, 2.75) is 19.6 Å². The minimum Gasteiger partial charge on any atom is -0.423 e. The van der Waals surface area contributed by atoms with E-state index in [4.69, 9.17) is 4.65 Å². The van der Waals surface area contributed by atoms with Crippen molar-refractivity contribution in [3.05, 3.63) is 29.1 Å². The number of carbonyl (C=O) groups is 3. The van der Waals surface area contributed by atoms with Gasteiger partial charge < -0.3 is 24.7 Å². The van der Waals surface area contributed by atoms with Crippen LogP contribution in [0.1, 0.15) is 22.8 Å².